The van der Waals surface area contributed by atoms with E-state index < -0.39 is 35.7 Å². The number of hydrogen-bond donors (Lipinski definition) is 1. The molecule has 8 heteroatoms. The van der Waals surface area contributed by atoms with Crippen LogP contribution in [0, 0.1) is 17.8 Å². The number of benzene rings is 2. The molecule has 2 aromatic carbocycles. The summed E-state index contributed by atoms with van der Waals surface area (Å²) in [6.07, 6.45) is 3.52. The second kappa shape index (κ2) is 16.6. The van der Waals surface area contributed by atoms with Gasteiger partial charge in [0.15, 0.2) is 5.78 Å². The van der Waals surface area contributed by atoms with Crippen LogP contribution in [0.3, 0.4) is 0 Å². The lowest BCUT2D eigenvalue weighted by Crippen LogP contribution is -2.46. The Balaban J connectivity index is 1.83. The number of esters is 2. The Labute approximate surface area is 243 Å². The van der Waals surface area contributed by atoms with Gasteiger partial charge in [-0.05, 0) is 54.9 Å². The number of rotatable bonds is 7. The molecule has 41 heavy (non-hydrogen) atoms. The lowest BCUT2D eigenvalue weighted by Gasteiger charge is -2.25. The lowest BCUT2D eigenvalue weighted by atomic mass is 9.89. The molecule has 0 saturated heterocycles. The normalized spacial score (nSPS) is 20.8. The van der Waals surface area contributed by atoms with Crippen LogP contribution in [0.5, 0.6) is 5.75 Å². The van der Waals surface area contributed by atoms with Gasteiger partial charge in [0.1, 0.15) is 12.4 Å². The molecule has 0 aliphatic carbocycles. The molecule has 2 aromatic rings. The Kier molecular flexibility index (Phi) is 12.9. The van der Waals surface area contributed by atoms with Crippen molar-refractivity contribution >= 4 is 23.6 Å². The molecule has 0 saturated carbocycles. The number of ketones is 1. The van der Waals surface area contributed by atoms with Crippen LogP contribution in [0.4, 0.5) is 0 Å². The fourth-order valence-corrected chi connectivity index (χ4v) is 5.01. The average Bonchev–Trinajstić information content (AvgIpc) is 2.96. The molecule has 2 aliphatic heterocycles. The third-order valence-corrected chi connectivity index (χ3v) is 7.29. The molecule has 0 aromatic heterocycles. The van der Waals surface area contributed by atoms with Crippen LogP contribution in [0.15, 0.2) is 54.6 Å². The zero-order valence-electron chi connectivity index (χ0n) is 24.4. The Morgan fingerprint density at radius 3 is 2.39 bits per heavy atom. The fourth-order valence-electron chi connectivity index (χ4n) is 5.01. The van der Waals surface area contributed by atoms with Gasteiger partial charge in [0.2, 0.25) is 5.91 Å². The topological polar surface area (TPSA) is 108 Å². The van der Waals surface area contributed by atoms with E-state index in [1.807, 2.05) is 68.4 Å². The molecule has 0 spiro atoms. The first kappa shape index (κ1) is 31.8. The van der Waals surface area contributed by atoms with Gasteiger partial charge in [-0.25, -0.2) is 0 Å². The second-order valence-electron chi connectivity index (χ2n) is 11.2. The molecule has 1 amide bonds. The third kappa shape index (κ3) is 11.0. The first-order valence-electron chi connectivity index (χ1n) is 14.6. The standard InChI is InChI=1S/C33H43NO7/c1-23(2)18-29-30(35)20-26(33(38)39-3)12-8-5-9-17-40-28-15-13-24(14-16-28)19-27(32(37)34-29)21-31(36)41-22-25-10-6-4-7-11-25/h4,6-7,10-11,13-16,23,26-27,29H,5,8-9,12,17-22H2,1-3H3,(H,34,37)/t26-,27-,29+/m1/s1. The molecule has 0 fully saturated rings. The summed E-state index contributed by atoms with van der Waals surface area (Å²) in [4.78, 5) is 52.5. The number of ether oxygens (including phenoxy) is 3. The molecule has 3 atom stereocenters. The summed E-state index contributed by atoms with van der Waals surface area (Å²) in [5.74, 6) is -1.98. The third-order valence-electron chi connectivity index (χ3n) is 7.29. The van der Waals surface area contributed by atoms with Gasteiger partial charge in [0, 0.05) is 6.42 Å². The highest BCUT2D eigenvalue weighted by Crippen LogP contribution is 2.22. The molecule has 2 bridgehead atoms. The molecule has 0 unspecified atom stereocenters. The van der Waals surface area contributed by atoms with Crippen LogP contribution in [-0.4, -0.2) is 43.4 Å². The summed E-state index contributed by atoms with van der Waals surface area (Å²) < 4.78 is 16.3. The van der Waals surface area contributed by atoms with Crippen molar-refractivity contribution in [1.82, 2.24) is 5.32 Å². The Hall–Kier alpha value is -3.68. The van der Waals surface area contributed by atoms with Crippen molar-refractivity contribution in [2.75, 3.05) is 13.7 Å². The fraction of sp³-hybridized carbons (Fsp3) is 0.515. The number of hydrogen-bond acceptors (Lipinski definition) is 7. The molecular weight excluding hydrogens is 522 g/mol. The number of nitrogens with one attached hydrogen (secondary N) is 1. The maximum atomic E-state index is 13.6. The van der Waals surface area contributed by atoms with E-state index in [9.17, 15) is 19.2 Å². The Bertz CT molecular complexity index is 1130. The van der Waals surface area contributed by atoms with Crippen molar-refractivity contribution in [1.29, 1.82) is 0 Å². The molecule has 2 aliphatic rings. The summed E-state index contributed by atoms with van der Waals surface area (Å²) in [5, 5.41) is 2.93. The first-order chi connectivity index (χ1) is 19.7. The van der Waals surface area contributed by atoms with Crippen molar-refractivity contribution in [3.05, 3.63) is 65.7 Å². The van der Waals surface area contributed by atoms with Crippen LogP contribution >= 0.6 is 0 Å². The molecule has 4 rings (SSSR count). The van der Waals surface area contributed by atoms with Crippen molar-refractivity contribution in [3.8, 4) is 5.75 Å². The minimum Gasteiger partial charge on any atom is -0.494 e. The smallest absolute Gasteiger partial charge is 0.309 e. The maximum Gasteiger partial charge on any atom is 0.309 e. The molecule has 8 nitrogen and oxygen atoms in total. The number of Topliss-reactive ketones (excluding diaryl/α,β-unsaturated/α-hetero) is 1. The molecule has 1 N–H and O–H groups in total. The van der Waals surface area contributed by atoms with Gasteiger partial charge in [0.25, 0.3) is 0 Å². The quantitative estimate of drug-likeness (QED) is 0.459. The molecular formula is C33H43NO7. The maximum absolute atomic E-state index is 13.6. The monoisotopic (exact) mass is 565 g/mol. The number of amides is 1. The van der Waals surface area contributed by atoms with E-state index in [1.54, 1.807) is 0 Å². The summed E-state index contributed by atoms with van der Waals surface area (Å²) in [6, 6.07) is 16.1. The SMILES string of the molecule is COC(=O)[C@@H]1CCCCCOc2ccc(cc2)C[C@H](CC(=O)OCc2ccccc2)C(=O)N[C@@H](CC(C)C)C(=O)C1. The van der Waals surface area contributed by atoms with Crippen molar-refractivity contribution in [2.45, 2.75) is 77.9 Å². The van der Waals surface area contributed by atoms with Crippen LogP contribution in [0.1, 0.15) is 69.9 Å². The zero-order chi connectivity index (χ0) is 29.6. The van der Waals surface area contributed by atoms with Crippen molar-refractivity contribution < 1.29 is 33.4 Å². The van der Waals surface area contributed by atoms with Gasteiger partial charge in [-0.3, -0.25) is 19.2 Å². The minimum atomic E-state index is -0.771. The highest BCUT2D eigenvalue weighted by molar-refractivity contribution is 5.93. The highest BCUT2D eigenvalue weighted by atomic mass is 16.5. The van der Waals surface area contributed by atoms with Crippen LogP contribution < -0.4 is 10.1 Å². The van der Waals surface area contributed by atoms with E-state index in [1.165, 1.54) is 7.11 Å². The van der Waals surface area contributed by atoms with Gasteiger partial charge in [-0.15, -0.1) is 0 Å². The predicted octanol–water partition coefficient (Wildman–Crippen LogP) is 5.21. The summed E-state index contributed by atoms with van der Waals surface area (Å²) in [5.41, 5.74) is 1.72. The van der Waals surface area contributed by atoms with E-state index in [0.29, 0.717) is 25.9 Å². The van der Waals surface area contributed by atoms with Crippen LogP contribution in [0.2, 0.25) is 0 Å². The van der Waals surface area contributed by atoms with Crippen LogP contribution in [0.25, 0.3) is 0 Å². The highest BCUT2D eigenvalue weighted by Gasteiger charge is 2.31. The van der Waals surface area contributed by atoms with Crippen molar-refractivity contribution in [3.63, 3.8) is 0 Å². The lowest BCUT2D eigenvalue weighted by molar-refractivity contribution is -0.149. The minimum absolute atomic E-state index is 0.00853. The summed E-state index contributed by atoms with van der Waals surface area (Å²) >= 11 is 0. The second-order valence-corrected chi connectivity index (χ2v) is 11.2. The predicted molar refractivity (Wildman–Crippen MR) is 155 cm³/mol. The zero-order valence-corrected chi connectivity index (χ0v) is 24.4. The number of carbonyl (C=O) groups excluding carboxylic acids is 4. The number of fused-ring (bicyclic) bond motifs is 15. The van der Waals surface area contributed by atoms with E-state index in [2.05, 4.69) is 5.32 Å². The van der Waals surface area contributed by atoms with Gasteiger partial charge < -0.3 is 19.5 Å². The Morgan fingerprint density at radius 2 is 1.71 bits per heavy atom. The number of carbonyl (C=O) groups is 4. The summed E-state index contributed by atoms with van der Waals surface area (Å²) in [7, 11) is 1.33. The van der Waals surface area contributed by atoms with E-state index in [-0.39, 0.29) is 31.1 Å². The van der Waals surface area contributed by atoms with Gasteiger partial charge in [-0.1, -0.05) is 69.2 Å². The Morgan fingerprint density at radius 1 is 0.976 bits per heavy atom. The van der Waals surface area contributed by atoms with Gasteiger partial charge in [0.05, 0.1) is 38.0 Å². The van der Waals surface area contributed by atoms with Gasteiger partial charge in [-0.2, -0.15) is 0 Å². The van der Waals surface area contributed by atoms with Crippen LogP contribution in [-0.2, 0) is 41.7 Å². The van der Waals surface area contributed by atoms with E-state index in [0.717, 1.165) is 36.1 Å². The molecule has 0 radical (unpaired) electrons. The molecule has 222 valence electrons. The van der Waals surface area contributed by atoms with E-state index >= 15 is 0 Å². The first-order valence-corrected chi connectivity index (χ1v) is 14.6. The van der Waals surface area contributed by atoms with E-state index in [4.69, 9.17) is 14.2 Å². The molecule has 2 heterocycles. The van der Waals surface area contributed by atoms with Crippen molar-refractivity contribution in [2.24, 2.45) is 17.8 Å². The number of methoxy groups -OCH3 is 1. The summed E-state index contributed by atoms with van der Waals surface area (Å²) in [6.45, 7) is 4.61. The average molecular weight is 566 g/mol. The van der Waals surface area contributed by atoms with Gasteiger partial charge >= 0.3 is 11.9 Å². The largest absolute Gasteiger partial charge is 0.494 e.